The number of nitrogen functional groups attached to an aromatic ring is 1. The Labute approximate surface area is 80.5 Å². The van der Waals surface area contributed by atoms with Crippen molar-refractivity contribution in [3.8, 4) is 0 Å². The highest BCUT2D eigenvalue weighted by atomic mass is 16.5. The van der Waals surface area contributed by atoms with Gasteiger partial charge in [0.2, 0.25) is 11.9 Å². The minimum atomic E-state index is -0.0348. The average Bonchev–Trinajstić information content (AvgIpc) is 2.75. The topological polar surface area (TPSA) is 86.3 Å². The Kier molecular flexibility index (Phi) is 2.32. The number of nitrogens with two attached hydrogens (primary N) is 1. The molecule has 1 saturated heterocycles. The van der Waals surface area contributed by atoms with Gasteiger partial charge in [0, 0.05) is 6.54 Å². The Balaban J connectivity index is 1.93. The van der Waals surface area contributed by atoms with E-state index in [0.29, 0.717) is 19.9 Å². The largest absolute Gasteiger partial charge is 0.367 e. The van der Waals surface area contributed by atoms with E-state index in [2.05, 4.69) is 10.1 Å². The Morgan fingerprint density at radius 3 is 3.14 bits per heavy atom. The molecule has 76 valence electrons. The first-order chi connectivity index (χ1) is 6.75. The fourth-order valence-corrected chi connectivity index (χ4v) is 1.23. The molecule has 2 heterocycles. The molecular formula is C7H11N5O2. The first-order valence-electron chi connectivity index (χ1n) is 4.26. The van der Waals surface area contributed by atoms with Crippen molar-refractivity contribution >= 4 is 11.9 Å². The van der Waals surface area contributed by atoms with E-state index in [1.165, 1.54) is 11.0 Å². The Morgan fingerprint density at radius 2 is 2.57 bits per heavy atom. The lowest BCUT2D eigenvalue weighted by Gasteiger charge is -2.12. The second kappa shape index (κ2) is 3.62. The zero-order chi connectivity index (χ0) is 9.97. The summed E-state index contributed by atoms with van der Waals surface area (Å²) in [5.74, 6) is 0.142. The molecule has 1 aliphatic rings. The van der Waals surface area contributed by atoms with Gasteiger partial charge >= 0.3 is 0 Å². The van der Waals surface area contributed by atoms with Gasteiger partial charge in [0.25, 0.3) is 0 Å². The predicted molar refractivity (Wildman–Crippen MR) is 47.0 cm³/mol. The highest BCUT2D eigenvalue weighted by Crippen LogP contribution is 2.01. The third-order valence-electron chi connectivity index (χ3n) is 1.96. The second-order valence-electron chi connectivity index (χ2n) is 2.99. The highest BCUT2D eigenvalue weighted by Gasteiger charge is 2.18. The molecule has 1 aromatic heterocycles. The van der Waals surface area contributed by atoms with E-state index in [9.17, 15) is 4.79 Å². The van der Waals surface area contributed by atoms with Crippen molar-refractivity contribution in [2.24, 2.45) is 0 Å². The Bertz CT molecular complexity index is 331. The lowest BCUT2D eigenvalue weighted by Crippen LogP contribution is -2.31. The molecule has 0 bridgehead atoms. The molecule has 0 spiro atoms. The van der Waals surface area contributed by atoms with Crippen LogP contribution in [0.5, 0.6) is 0 Å². The molecule has 1 amide bonds. The van der Waals surface area contributed by atoms with E-state index in [0.717, 1.165) is 0 Å². The summed E-state index contributed by atoms with van der Waals surface area (Å²) >= 11 is 0. The summed E-state index contributed by atoms with van der Waals surface area (Å²) in [6, 6.07) is 0. The molecule has 0 aliphatic carbocycles. The molecule has 0 radical (unpaired) electrons. The van der Waals surface area contributed by atoms with Crippen LogP contribution in [0.15, 0.2) is 6.33 Å². The van der Waals surface area contributed by atoms with Gasteiger partial charge in [-0.1, -0.05) is 0 Å². The third-order valence-corrected chi connectivity index (χ3v) is 1.96. The van der Waals surface area contributed by atoms with Gasteiger partial charge in [-0.25, -0.2) is 9.67 Å². The van der Waals surface area contributed by atoms with Crippen molar-refractivity contribution in [2.45, 2.75) is 6.54 Å². The van der Waals surface area contributed by atoms with Crippen molar-refractivity contribution in [2.75, 3.05) is 25.6 Å². The van der Waals surface area contributed by atoms with E-state index in [1.807, 2.05) is 0 Å². The van der Waals surface area contributed by atoms with Crippen LogP contribution in [0.3, 0.4) is 0 Å². The van der Waals surface area contributed by atoms with Gasteiger partial charge in [-0.05, 0) is 0 Å². The number of ether oxygens (including phenoxy) is 1. The maximum absolute atomic E-state index is 11.5. The average molecular weight is 197 g/mol. The van der Waals surface area contributed by atoms with Crippen molar-refractivity contribution in [1.82, 2.24) is 19.7 Å². The van der Waals surface area contributed by atoms with Gasteiger partial charge in [-0.15, -0.1) is 5.10 Å². The van der Waals surface area contributed by atoms with Crippen LogP contribution in [0.25, 0.3) is 0 Å². The number of carbonyl (C=O) groups is 1. The molecule has 7 nitrogen and oxygen atoms in total. The molecule has 0 saturated carbocycles. The molecular weight excluding hydrogens is 186 g/mol. The summed E-state index contributed by atoms with van der Waals surface area (Å²) in [4.78, 5) is 16.9. The van der Waals surface area contributed by atoms with Crippen LogP contribution in [-0.2, 0) is 16.1 Å². The normalized spacial score (nSPS) is 16.1. The molecule has 1 aliphatic heterocycles. The summed E-state index contributed by atoms with van der Waals surface area (Å²) in [5, 5.41) is 3.82. The molecule has 1 fully saturated rings. The summed E-state index contributed by atoms with van der Waals surface area (Å²) in [5.41, 5.74) is 5.32. The number of anilines is 1. The molecule has 0 atom stereocenters. The quantitative estimate of drug-likeness (QED) is 0.635. The Morgan fingerprint density at radius 1 is 1.71 bits per heavy atom. The van der Waals surface area contributed by atoms with Crippen LogP contribution < -0.4 is 5.73 Å². The van der Waals surface area contributed by atoms with Crippen LogP contribution in [0.1, 0.15) is 0 Å². The van der Waals surface area contributed by atoms with E-state index >= 15 is 0 Å². The standard InChI is InChI=1S/C7H11N5O2/c8-7-9-4-12(10-7)3-6(13)11-1-2-14-5-11/h4H,1-3,5H2,(H2,8,10). The summed E-state index contributed by atoms with van der Waals surface area (Å²) in [6.07, 6.45) is 1.43. The molecule has 7 heteroatoms. The first-order valence-corrected chi connectivity index (χ1v) is 4.26. The number of hydrogen-bond acceptors (Lipinski definition) is 5. The number of nitrogens with zero attached hydrogens (tertiary/aromatic N) is 4. The van der Waals surface area contributed by atoms with Gasteiger partial charge in [-0.3, -0.25) is 4.79 Å². The monoisotopic (exact) mass is 197 g/mol. The van der Waals surface area contributed by atoms with Crippen molar-refractivity contribution in [3.05, 3.63) is 6.33 Å². The number of amides is 1. The van der Waals surface area contributed by atoms with Gasteiger partial charge in [0.05, 0.1) is 6.61 Å². The predicted octanol–water partition coefficient (Wildman–Crippen LogP) is -1.32. The van der Waals surface area contributed by atoms with E-state index < -0.39 is 0 Å². The fraction of sp³-hybridized carbons (Fsp3) is 0.571. The molecule has 2 rings (SSSR count). The summed E-state index contributed by atoms with van der Waals surface area (Å²) in [7, 11) is 0. The number of carbonyl (C=O) groups excluding carboxylic acids is 1. The smallest absolute Gasteiger partial charge is 0.246 e. The van der Waals surface area contributed by atoms with E-state index in [1.54, 1.807) is 4.90 Å². The van der Waals surface area contributed by atoms with Crippen molar-refractivity contribution in [3.63, 3.8) is 0 Å². The number of rotatable bonds is 2. The summed E-state index contributed by atoms with van der Waals surface area (Å²) < 4.78 is 6.47. The van der Waals surface area contributed by atoms with Crippen LogP contribution in [0, 0.1) is 0 Å². The maximum atomic E-state index is 11.5. The van der Waals surface area contributed by atoms with E-state index in [4.69, 9.17) is 10.5 Å². The van der Waals surface area contributed by atoms with Gasteiger partial charge in [0.1, 0.15) is 19.6 Å². The minimum Gasteiger partial charge on any atom is -0.367 e. The summed E-state index contributed by atoms with van der Waals surface area (Å²) in [6.45, 7) is 1.77. The molecule has 1 aromatic rings. The first kappa shape index (κ1) is 8.95. The van der Waals surface area contributed by atoms with Crippen LogP contribution in [-0.4, -0.2) is 45.5 Å². The van der Waals surface area contributed by atoms with Crippen molar-refractivity contribution in [1.29, 1.82) is 0 Å². The lowest BCUT2D eigenvalue weighted by atomic mass is 10.5. The number of hydrogen-bond donors (Lipinski definition) is 1. The minimum absolute atomic E-state index is 0.0348. The van der Waals surface area contributed by atoms with Crippen LogP contribution in [0.4, 0.5) is 5.95 Å². The SMILES string of the molecule is Nc1ncn(CC(=O)N2CCOC2)n1. The molecule has 14 heavy (non-hydrogen) atoms. The fourth-order valence-electron chi connectivity index (χ4n) is 1.23. The second-order valence-corrected chi connectivity index (χ2v) is 2.99. The zero-order valence-electron chi connectivity index (χ0n) is 7.59. The van der Waals surface area contributed by atoms with Gasteiger partial charge in [-0.2, -0.15) is 0 Å². The van der Waals surface area contributed by atoms with Gasteiger partial charge in [0.15, 0.2) is 0 Å². The van der Waals surface area contributed by atoms with Gasteiger partial charge < -0.3 is 15.4 Å². The molecule has 2 N–H and O–H groups in total. The highest BCUT2D eigenvalue weighted by molar-refractivity contribution is 5.75. The Hall–Kier alpha value is -1.63. The van der Waals surface area contributed by atoms with Crippen LogP contribution >= 0.6 is 0 Å². The van der Waals surface area contributed by atoms with Crippen molar-refractivity contribution < 1.29 is 9.53 Å². The maximum Gasteiger partial charge on any atom is 0.246 e. The van der Waals surface area contributed by atoms with Crippen LogP contribution in [0.2, 0.25) is 0 Å². The van der Waals surface area contributed by atoms with E-state index in [-0.39, 0.29) is 18.4 Å². The molecule has 0 unspecified atom stereocenters. The third kappa shape index (κ3) is 1.82. The zero-order valence-corrected chi connectivity index (χ0v) is 7.59. The number of aromatic nitrogens is 3. The lowest BCUT2D eigenvalue weighted by molar-refractivity contribution is -0.132. The molecule has 0 aromatic carbocycles.